The van der Waals surface area contributed by atoms with E-state index in [1.54, 1.807) is 24.3 Å². The average molecular weight is 331 g/mol. The molecule has 0 spiro atoms. The zero-order valence-electron chi connectivity index (χ0n) is 12.7. The van der Waals surface area contributed by atoms with Crippen molar-refractivity contribution in [2.45, 2.75) is 37.5 Å². The summed E-state index contributed by atoms with van der Waals surface area (Å²) in [4.78, 5) is 39.5. The molecule has 1 aromatic carbocycles. The third kappa shape index (κ3) is 4.19. The highest BCUT2D eigenvalue weighted by atomic mass is 32.2. The number of hydrogen-bond donors (Lipinski definition) is 2. The summed E-state index contributed by atoms with van der Waals surface area (Å²) in [6, 6.07) is 7.02. The fraction of sp³-hybridized carbons (Fsp3) is 0.375. The number of aliphatic imine (C=N–C) groups is 1. The van der Waals surface area contributed by atoms with Crippen LogP contribution in [0.5, 0.6) is 0 Å². The Bertz CT molecular complexity index is 680. The largest absolute Gasteiger partial charge is 0.326 e. The number of benzene rings is 1. The number of rotatable bonds is 5. The molecule has 1 aliphatic carbocycles. The molecule has 3 rings (SSSR count). The summed E-state index contributed by atoms with van der Waals surface area (Å²) in [5.74, 6) is -0.429. The van der Waals surface area contributed by atoms with Crippen LogP contribution in [0, 0.1) is 0 Å². The average Bonchev–Trinajstić information content (AvgIpc) is 3.24. The molecule has 23 heavy (non-hydrogen) atoms. The van der Waals surface area contributed by atoms with Gasteiger partial charge in [-0.25, -0.2) is 0 Å². The van der Waals surface area contributed by atoms with Crippen molar-refractivity contribution in [3.05, 3.63) is 29.8 Å². The lowest BCUT2D eigenvalue weighted by Gasteiger charge is -2.07. The number of amidine groups is 1. The number of amides is 2. The van der Waals surface area contributed by atoms with Gasteiger partial charge in [-0.2, -0.15) is 0 Å². The zero-order valence-corrected chi connectivity index (χ0v) is 13.5. The Kier molecular flexibility index (Phi) is 4.47. The van der Waals surface area contributed by atoms with Crippen LogP contribution in [0.1, 0.15) is 36.5 Å². The van der Waals surface area contributed by atoms with Crippen LogP contribution < -0.4 is 10.6 Å². The molecular formula is C16H17N3O3S. The van der Waals surface area contributed by atoms with Crippen molar-refractivity contribution < 1.29 is 14.4 Å². The second kappa shape index (κ2) is 6.54. The van der Waals surface area contributed by atoms with Crippen LogP contribution in [0.2, 0.25) is 0 Å². The number of hydrogen-bond acceptors (Lipinski definition) is 5. The van der Waals surface area contributed by atoms with E-state index in [-0.39, 0.29) is 24.0 Å². The highest BCUT2D eigenvalue weighted by Crippen LogP contribution is 2.29. The summed E-state index contributed by atoms with van der Waals surface area (Å²) >= 11 is 1.32. The maximum Gasteiger partial charge on any atom is 0.240 e. The number of anilines is 1. The van der Waals surface area contributed by atoms with Gasteiger partial charge in [0.25, 0.3) is 0 Å². The number of thioether (sulfide) groups is 1. The van der Waals surface area contributed by atoms with E-state index in [2.05, 4.69) is 15.6 Å². The summed E-state index contributed by atoms with van der Waals surface area (Å²) in [6.07, 6.45) is 2.23. The summed E-state index contributed by atoms with van der Waals surface area (Å²) in [5, 5.41) is 5.65. The SMILES string of the molecule is CC(=O)c1ccc(NC(=O)C[C@H]2SC(=NC3CC3)NC2=O)cc1. The van der Waals surface area contributed by atoms with Gasteiger partial charge in [0.2, 0.25) is 11.8 Å². The van der Waals surface area contributed by atoms with Gasteiger partial charge in [-0.1, -0.05) is 11.8 Å². The highest BCUT2D eigenvalue weighted by molar-refractivity contribution is 8.15. The van der Waals surface area contributed by atoms with Crippen molar-refractivity contribution >= 4 is 40.2 Å². The van der Waals surface area contributed by atoms with Gasteiger partial charge < -0.3 is 10.6 Å². The summed E-state index contributed by atoms with van der Waals surface area (Å²) in [5.41, 5.74) is 1.20. The predicted octanol–water partition coefficient (Wildman–Crippen LogP) is 1.97. The van der Waals surface area contributed by atoms with Crippen LogP contribution in [0.3, 0.4) is 0 Å². The van der Waals surface area contributed by atoms with Crippen molar-refractivity contribution in [1.82, 2.24) is 5.32 Å². The first kappa shape index (κ1) is 15.7. The van der Waals surface area contributed by atoms with Gasteiger partial charge in [-0.3, -0.25) is 19.4 Å². The second-order valence-corrected chi connectivity index (χ2v) is 6.84. The predicted molar refractivity (Wildman–Crippen MR) is 89.7 cm³/mol. The van der Waals surface area contributed by atoms with Crippen molar-refractivity contribution in [2.75, 3.05) is 5.32 Å². The summed E-state index contributed by atoms with van der Waals surface area (Å²) in [7, 11) is 0. The molecule has 0 unspecified atom stereocenters. The molecule has 0 aromatic heterocycles. The number of carbonyl (C=O) groups excluding carboxylic acids is 3. The molecule has 2 N–H and O–H groups in total. The highest BCUT2D eigenvalue weighted by Gasteiger charge is 2.33. The molecular weight excluding hydrogens is 314 g/mol. The van der Waals surface area contributed by atoms with Gasteiger partial charge in [0, 0.05) is 17.7 Å². The van der Waals surface area contributed by atoms with Crippen LogP contribution in [0.15, 0.2) is 29.3 Å². The monoisotopic (exact) mass is 331 g/mol. The van der Waals surface area contributed by atoms with Gasteiger partial charge in [0.1, 0.15) is 5.25 Å². The second-order valence-electron chi connectivity index (χ2n) is 5.65. The fourth-order valence-electron chi connectivity index (χ4n) is 2.14. The Hall–Kier alpha value is -2.15. The molecule has 1 heterocycles. The minimum atomic E-state index is -0.441. The van der Waals surface area contributed by atoms with Crippen molar-refractivity contribution in [3.8, 4) is 0 Å². The third-order valence-corrected chi connectivity index (χ3v) is 4.67. The molecule has 2 fully saturated rings. The number of ketones is 1. The maximum atomic E-state index is 12.1. The van der Waals surface area contributed by atoms with E-state index in [9.17, 15) is 14.4 Å². The Labute approximate surface area is 138 Å². The standard InChI is InChI=1S/C16H17N3O3S/c1-9(20)10-2-4-11(5-3-10)17-14(21)8-13-15(22)19-16(23-13)18-12-6-7-12/h2-5,12-13H,6-8H2,1H3,(H,17,21)(H,18,19,22)/t13-/m1/s1. The van der Waals surface area contributed by atoms with E-state index >= 15 is 0 Å². The molecule has 1 atom stereocenters. The van der Waals surface area contributed by atoms with Gasteiger partial charge in [-0.05, 0) is 44.0 Å². The smallest absolute Gasteiger partial charge is 0.240 e. The van der Waals surface area contributed by atoms with Crippen molar-refractivity contribution in [3.63, 3.8) is 0 Å². The van der Waals surface area contributed by atoms with Crippen molar-refractivity contribution in [2.24, 2.45) is 4.99 Å². The zero-order chi connectivity index (χ0) is 16.4. The Morgan fingerprint density at radius 2 is 2.00 bits per heavy atom. The maximum absolute atomic E-state index is 12.1. The van der Waals surface area contributed by atoms with Gasteiger partial charge >= 0.3 is 0 Å². The van der Waals surface area contributed by atoms with E-state index in [1.165, 1.54) is 18.7 Å². The quantitative estimate of drug-likeness (QED) is 0.808. The number of Topliss-reactive ketones (excluding diaryl/α,β-unsaturated/α-hetero) is 1. The normalized spacial score (nSPS) is 22.0. The molecule has 1 aromatic rings. The van der Waals surface area contributed by atoms with E-state index in [1.807, 2.05) is 0 Å². The fourth-order valence-corrected chi connectivity index (χ4v) is 3.18. The lowest BCUT2D eigenvalue weighted by Crippen LogP contribution is -2.28. The molecule has 0 bridgehead atoms. The molecule has 1 saturated heterocycles. The van der Waals surface area contributed by atoms with Gasteiger partial charge in [0.05, 0.1) is 6.04 Å². The Morgan fingerprint density at radius 1 is 1.30 bits per heavy atom. The van der Waals surface area contributed by atoms with Crippen LogP contribution in [0.25, 0.3) is 0 Å². The number of nitrogens with one attached hydrogen (secondary N) is 2. The Balaban J connectivity index is 1.54. The number of carbonyl (C=O) groups is 3. The first-order chi connectivity index (χ1) is 11.0. The van der Waals surface area contributed by atoms with Crippen LogP contribution >= 0.6 is 11.8 Å². The summed E-state index contributed by atoms with van der Waals surface area (Å²) in [6.45, 7) is 1.49. The van der Waals surface area contributed by atoms with E-state index in [4.69, 9.17) is 0 Å². The molecule has 2 amide bonds. The van der Waals surface area contributed by atoms with Crippen molar-refractivity contribution in [1.29, 1.82) is 0 Å². The lowest BCUT2D eigenvalue weighted by molar-refractivity contribution is -0.122. The minimum absolute atomic E-state index is 0.0237. The third-order valence-electron chi connectivity index (χ3n) is 3.57. The molecule has 6 nitrogen and oxygen atoms in total. The lowest BCUT2D eigenvalue weighted by atomic mass is 10.1. The van der Waals surface area contributed by atoms with Gasteiger partial charge in [-0.15, -0.1) is 0 Å². The van der Waals surface area contributed by atoms with E-state index in [0.717, 1.165) is 12.8 Å². The number of nitrogens with zero attached hydrogens (tertiary/aromatic N) is 1. The molecule has 2 aliphatic rings. The van der Waals surface area contributed by atoms with Crippen LogP contribution in [0.4, 0.5) is 5.69 Å². The Morgan fingerprint density at radius 3 is 2.61 bits per heavy atom. The van der Waals surface area contributed by atoms with E-state index < -0.39 is 5.25 Å². The molecule has 1 aliphatic heterocycles. The van der Waals surface area contributed by atoms with Crippen LogP contribution in [-0.4, -0.2) is 34.1 Å². The molecule has 7 heteroatoms. The molecule has 0 radical (unpaired) electrons. The minimum Gasteiger partial charge on any atom is -0.326 e. The van der Waals surface area contributed by atoms with Gasteiger partial charge in [0.15, 0.2) is 11.0 Å². The molecule has 1 saturated carbocycles. The summed E-state index contributed by atoms with van der Waals surface area (Å²) < 4.78 is 0. The molecule has 120 valence electrons. The first-order valence-electron chi connectivity index (χ1n) is 7.47. The first-order valence-corrected chi connectivity index (χ1v) is 8.35. The topological polar surface area (TPSA) is 87.6 Å². The van der Waals surface area contributed by atoms with E-state index in [0.29, 0.717) is 22.5 Å². The van der Waals surface area contributed by atoms with Crippen LogP contribution in [-0.2, 0) is 9.59 Å².